The van der Waals surface area contributed by atoms with Gasteiger partial charge in [0.1, 0.15) is 0 Å². The minimum absolute atomic E-state index is 0.0235. The Kier molecular flexibility index (Phi) is 11.1. The first-order valence-corrected chi connectivity index (χ1v) is 17.0. The van der Waals surface area contributed by atoms with Crippen molar-refractivity contribution in [2.24, 2.45) is 11.8 Å². The summed E-state index contributed by atoms with van der Waals surface area (Å²) in [6.07, 6.45) is 5.28. The summed E-state index contributed by atoms with van der Waals surface area (Å²) in [7, 11) is -1.15. The van der Waals surface area contributed by atoms with E-state index >= 15 is 0 Å². The third kappa shape index (κ3) is 8.22. The molecule has 0 aromatic heterocycles. The average molecular weight is 600 g/mol. The van der Waals surface area contributed by atoms with Crippen molar-refractivity contribution in [3.63, 3.8) is 0 Å². The third-order valence-corrected chi connectivity index (χ3v) is 10.7. The number of nitrogens with one attached hydrogen (secondary N) is 2. The van der Waals surface area contributed by atoms with Gasteiger partial charge in [-0.2, -0.15) is 0 Å². The molecule has 2 N–H and O–H groups in total. The van der Waals surface area contributed by atoms with Gasteiger partial charge in [-0.1, -0.05) is 67.8 Å². The van der Waals surface area contributed by atoms with Crippen LogP contribution < -0.4 is 10.0 Å². The van der Waals surface area contributed by atoms with E-state index in [0.717, 1.165) is 63.3 Å². The van der Waals surface area contributed by atoms with Gasteiger partial charge < -0.3 is 10.2 Å². The predicted molar refractivity (Wildman–Crippen MR) is 173 cm³/mol. The predicted octanol–water partition coefficient (Wildman–Crippen LogP) is 7.28. The molecule has 0 aliphatic carbocycles. The van der Waals surface area contributed by atoms with Gasteiger partial charge in [0, 0.05) is 43.2 Å². The number of carbonyl (C=O) groups excluding carboxylic acids is 1. The zero-order chi connectivity index (χ0) is 29.7. The number of carbonyl (C=O) groups is 1. The molecule has 7 heteroatoms. The van der Waals surface area contributed by atoms with E-state index in [-0.39, 0.29) is 28.5 Å². The zero-order valence-corrected chi connectivity index (χ0v) is 27.4. The Morgan fingerprint density at radius 3 is 2.39 bits per heavy atom. The van der Waals surface area contributed by atoms with Gasteiger partial charge in [-0.25, -0.2) is 8.93 Å². The topological polar surface area (TPSA) is 61.4 Å². The molecule has 1 amide bonds. The minimum Gasteiger partial charge on any atom is -0.342 e. The van der Waals surface area contributed by atoms with E-state index in [1.807, 2.05) is 32.9 Å². The van der Waals surface area contributed by atoms with Crippen molar-refractivity contribution < 1.29 is 9.00 Å². The van der Waals surface area contributed by atoms with Crippen molar-refractivity contribution in [1.29, 1.82) is 0 Å². The quantitative estimate of drug-likeness (QED) is 0.352. The van der Waals surface area contributed by atoms with Crippen LogP contribution in [0, 0.1) is 18.8 Å². The molecule has 41 heavy (non-hydrogen) atoms. The maximum absolute atomic E-state index is 13.8. The van der Waals surface area contributed by atoms with Gasteiger partial charge in [0.15, 0.2) is 0 Å². The highest BCUT2D eigenvalue weighted by molar-refractivity contribution is 7.84. The van der Waals surface area contributed by atoms with Gasteiger partial charge in [-0.15, -0.1) is 0 Å². The first kappa shape index (κ1) is 32.2. The fraction of sp³-hybridized carbons (Fsp3) is 0.618. The van der Waals surface area contributed by atoms with Crippen molar-refractivity contribution in [2.45, 2.75) is 96.3 Å². The molecule has 2 unspecified atom stereocenters. The van der Waals surface area contributed by atoms with Crippen LogP contribution in [0.4, 0.5) is 0 Å². The molecular formula is C34H50ClN3O2S. The second-order valence-electron chi connectivity index (χ2n) is 13.4. The lowest BCUT2D eigenvalue weighted by Gasteiger charge is -2.31. The number of aryl methyl sites for hydroxylation is 1. The Morgan fingerprint density at radius 2 is 1.71 bits per heavy atom. The summed E-state index contributed by atoms with van der Waals surface area (Å²) in [5.41, 5.74) is 5.10. The molecule has 0 spiro atoms. The fourth-order valence-corrected chi connectivity index (χ4v) is 7.54. The SMILES string of the molecule is Cc1ccc(C2CCCCN(C(=O)[C@H]3CNC[C@@H]3c3ccc(Cl)cc3)CCC2)c([C@@H](NS(=O)C(C)(C)C)C(C)C)c1. The molecule has 2 fully saturated rings. The fourth-order valence-electron chi connectivity index (χ4n) is 6.43. The summed E-state index contributed by atoms with van der Waals surface area (Å²) in [6.45, 7) is 15.8. The largest absolute Gasteiger partial charge is 0.342 e. The van der Waals surface area contributed by atoms with Crippen LogP contribution in [0.5, 0.6) is 0 Å². The van der Waals surface area contributed by atoms with Crippen molar-refractivity contribution in [2.75, 3.05) is 26.2 Å². The van der Waals surface area contributed by atoms with Crippen molar-refractivity contribution in [1.82, 2.24) is 14.9 Å². The Hall–Kier alpha value is -1.73. The van der Waals surface area contributed by atoms with Gasteiger partial charge >= 0.3 is 0 Å². The van der Waals surface area contributed by atoms with E-state index < -0.39 is 11.0 Å². The van der Waals surface area contributed by atoms with Crippen LogP contribution in [0.2, 0.25) is 5.02 Å². The Balaban J connectivity index is 1.49. The lowest BCUT2D eigenvalue weighted by atomic mass is 9.82. The summed E-state index contributed by atoms with van der Waals surface area (Å²) in [6, 6.07) is 14.9. The van der Waals surface area contributed by atoms with E-state index in [0.29, 0.717) is 11.8 Å². The smallest absolute Gasteiger partial charge is 0.227 e. The Morgan fingerprint density at radius 1 is 1.02 bits per heavy atom. The molecule has 0 bridgehead atoms. The molecule has 2 aliphatic heterocycles. The number of benzene rings is 2. The number of rotatable bonds is 7. The van der Waals surface area contributed by atoms with Crippen molar-refractivity contribution in [3.8, 4) is 0 Å². The number of hydrogen-bond acceptors (Lipinski definition) is 3. The van der Waals surface area contributed by atoms with Gasteiger partial charge in [0.2, 0.25) is 5.91 Å². The van der Waals surface area contributed by atoms with Crippen LogP contribution in [0.3, 0.4) is 0 Å². The first-order chi connectivity index (χ1) is 19.5. The third-order valence-electron chi connectivity index (χ3n) is 8.83. The van der Waals surface area contributed by atoms with Crippen LogP contribution in [-0.2, 0) is 15.8 Å². The number of amides is 1. The van der Waals surface area contributed by atoms with Crippen molar-refractivity contribution in [3.05, 3.63) is 69.7 Å². The second-order valence-corrected chi connectivity index (χ2v) is 15.9. The highest BCUT2D eigenvalue weighted by Gasteiger charge is 2.36. The zero-order valence-electron chi connectivity index (χ0n) is 25.8. The maximum Gasteiger partial charge on any atom is 0.227 e. The molecule has 2 aromatic carbocycles. The first-order valence-electron chi connectivity index (χ1n) is 15.5. The summed E-state index contributed by atoms with van der Waals surface area (Å²) >= 11 is 6.13. The second kappa shape index (κ2) is 14.2. The molecule has 0 radical (unpaired) electrons. The molecule has 2 aliphatic rings. The van der Waals surface area contributed by atoms with E-state index in [2.05, 4.69) is 66.0 Å². The monoisotopic (exact) mass is 599 g/mol. The van der Waals surface area contributed by atoms with Crippen LogP contribution in [0.25, 0.3) is 0 Å². The minimum atomic E-state index is -1.15. The number of hydrogen-bond donors (Lipinski definition) is 2. The molecule has 0 saturated carbocycles. The summed E-state index contributed by atoms with van der Waals surface area (Å²) < 4.78 is 16.3. The molecule has 226 valence electrons. The molecule has 5 atom stereocenters. The Bertz CT molecular complexity index is 1190. The lowest BCUT2D eigenvalue weighted by Crippen LogP contribution is -2.40. The number of halogens is 1. The van der Waals surface area contributed by atoms with Gasteiger partial charge in [-0.3, -0.25) is 4.79 Å². The molecule has 5 nitrogen and oxygen atoms in total. The van der Waals surface area contributed by atoms with E-state index in [1.165, 1.54) is 22.3 Å². The lowest BCUT2D eigenvalue weighted by molar-refractivity contribution is -0.135. The summed E-state index contributed by atoms with van der Waals surface area (Å²) in [5, 5.41) is 4.20. The van der Waals surface area contributed by atoms with Crippen LogP contribution in [-0.4, -0.2) is 45.9 Å². The molecule has 4 rings (SSSR count). The standard InChI is InChI=1S/C34H50ClN3O2S/c1-23(2)32(37-41(40)34(4,5)6)29-20-24(3)12-17-28(29)25-10-7-8-18-38(19-9-11-25)33(39)31-22-36-21-30(31)26-13-15-27(35)16-14-26/h12-17,20,23,25,30-32,36-37H,7-11,18-19,21-22H2,1-6H3/t25?,30-,31+,32+,41?/m1/s1. The molecular weight excluding hydrogens is 550 g/mol. The van der Waals surface area contributed by atoms with Crippen LogP contribution in [0.15, 0.2) is 42.5 Å². The normalized spacial score (nSPS) is 24.0. The van der Waals surface area contributed by atoms with Gasteiger partial charge in [-0.05, 0) is 94.0 Å². The number of nitrogens with zero attached hydrogens (tertiary/aromatic N) is 1. The summed E-state index contributed by atoms with van der Waals surface area (Å²) in [4.78, 5) is 16.0. The van der Waals surface area contributed by atoms with E-state index in [9.17, 15) is 9.00 Å². The van der Waals surface area contributed by atoms with Crippen LogP contribution in [0.1, 0.15) is 107 Å². The highest BCUT2D eigenvalue weighted by atomic mass is 35.5. The molecule has 2 saturated heterocycles. The van der Waals surface area contributed by atoms with E-state index in [4.69, 9.17) is 11.6 Å². The van der Waals surface area contributed by atoms with Crippen LogP contribution >= 0.6 is 11.6 Å². The van der Waals surface area contributed by atoms with Gasteiger partial charge in [0.05, 0.1) is 21.7 Å². The molecule has 2 aromatic rings. The molecule has 2 heterocycles. The van der Waals surface area contributed by atoms with Gasteiger partial charge in [0.25, 0.3) is 0 Å². The van der Waals surface area contributed by atoms with Crippen molar-refractivity contribution >= 4 is 28.5 Å². The highest BCUT2D eigenvalue weighted by Crippen LogP contribution is 2.37. The summed E-state index contributed by atoms with van der Waals surface area (Å²) in [5.74, 6) is 1.19. The van der Waals surface area contributed by atoms with E-state index in [1.54, 1.807) is 0 Å². The Labute approximate surface area is 255 Å². The maximum atomic E-state index is 13.8. The average Bonchev–Trinajstić information content (AvgIpc) is 3.44.